The van der Waals surface area contributed by atoms with Gasteiger partial charge in [-0.25, -0.2) is 0 Å². The smallest absolute Gasteiger partial charge is 0.121 e. The summed E-state index contributed by atoms with van der Waals surface area (Å²) in [5.41, 5.74) is 1.17. The maximum absolute atomic E-state index is 10.5. The molecule has 0 aliphatic heterocycles. The first-order chi connectivity index (χ1) is 8.31. The van der Waals surface area contributed by atoms with Crippen molar-refractivity contribution in [3.8, 4) is 6.07 Å². The summed E-state index contributed by atoms with van der Waals surface area (Å²) in [4.78, 5) is 12.5. The Morgan fingerprint density at radius 2 is 2.12 bits per heavy atom. The van der Waals surface area contributed by atoms with Gasteiger partial charge in [0.1, 0.15) is 6.29 Å². The number of nitrogens with zero attached hydrogens (tertiary/aromatic N) is 2. The normalized spacial score (nSPS) is 12.1. The standard InChI is InChI=1S/C14H18N2O/c1-2-14(11-15)16(9-6-10-17)12-13-7-4-3-5-8-13/h3-5,7-8,10,14H,2,6,9,12H2,1H3. The zero-order chi connectivity index (χ0) is 12.5. The number of carbonyl (C=O) groups excluding carboxylic acids is 1. The molecule has 0 aliphatic rings. The molecule has 0 radical (unpaired) electrons. The molecule has 1 aromatic carbocycles. The summed E-state index contributed by atoms with van der Waals surface area (Å²) in [6.45, 7) is 3.36. The zero-order valence-corrected chi connectivity index (χ0v) is 10.2. The number of hydrogen-bond donors (Lipinski definition) is 0. The maximum atomic E-state index is 10.5. The predicted molar refractivity (Wildman–Crippen MR) is 67.2 cm³/mol. The van der Waals surface area contributed by atoms with E-state index in [1.165, 1.54) is 5.56 Å². The molecule has 1 aromatic rings. The molecule has 0 N–H and O–H groups in total. The lowest BCUT2D eigenvalue weighted by molar-refractivity contribution is -0.108. The SMILES string of the molecule is CCC(C#N)N(CCC=O)Cc1ccccc1. The molecular weight excluding hydrogens is 212 g/mol. The van der Waals surface area contributed by atoms with Gasteiger partial charge < -0.3 is 4.79 Å². The first-order valence-corrected chi connectivity index (χ1v) is 5.93. The number of nitriles is 1. The first-order valence-electron chi connectivity index (χ1n) is 5.93. The van der Waals surface area contributed by atoms with Crippen LogP contribution in [0, 0.1) is 11.3 Å². The molecule has 3 heteroatoms. The Labute approximate surface area is 103 Å². The lowest BCUT2D eigenvalue weighted by Crippen LogP contribution is -2.34. The fourth-order valence-corrected chi connectivity index (χ4v) is 1.81. The van der Waals surface area contributed by atoms with Gasteiger partial charge >= 0.3 is 0 Å². The van der Waals surface area contributed by atoms with E-state index >= 15 is 0 Å². The van der Waals surface area contributed by atoms with Crippen molar-refractivity contribution < 1.29 is 4.79 Å². The van der Waals surface area contributed by atoms with Crippen molar-refractivity contribution in [1.82, 2.24) is 4.90 Å². The van der Waals surface area contributed by atoms with Crippen LogP contribution in [0.2, 0.25) is 0 Å². The summed E-state index contributed by atoms with van der Waals surface area (Å²) < 4.78 is 0. The molecule has 90 valence electrons. The minimum atomic E-state index is -0.116. The average Bonchev–Trinajstić information content (AvgIpc) is 2.38. The minimum Gasteiger partial charge on any atom is -0.303 e. The van der Waals surface area contributed by atoms with Gasteiger partial charge in [0.15, 0.2) is 0 Å². The van der Waals surface area contributed by atoms with Gasteiger partial charge in [-0.15, -0.1) is 0 Å². The zero-order valence-electron chi connectivity index (χ0n) is 10.2. The number of carbonyl (C=O) groups is 1. The molecule has 0 saturated carbocycles. The van der Waals surface area contributed by atoms with Crippen LogP contribution in [0.5, 0.6) is 0 Å². The van der Waals surface area contributed by atoms with Crippen molar-refractivity contribution in [3.63, 3.8) is 0 Å². The third kappa shape index (κ3) is 4.38. The highest BCUT2D eigenvalue weighted by atomic mass is 16.1. The van der Waals surface area contributed by atoms with E-state index in [9.17, 15) is 4.79 Å². The van der Waals surface area contributed by atoms with Crippen LogP contribution in [0.15, 0.2) is 30.3 Å². The van der Waals surface area contributed by atoms with Crippen LogP contribution in [0.25, 0.3) is 0 Å². The van der Waals surface area contributed by atoms with Gasteiger partial charge in [0, 0.05) is 19.5 Å². The number of rotatable bonds is 7. The van der Waals surface area contributed by atoms with Crippen LogP contribution in [0.4, 0.5) is 0 Å². The van der Waals surface area contributed by atoms with E-state index in [1.807, 2.05) is 37.3 Å². The second kappa shape index (κ2) is 7.59. The predicted octanol–water partition coefficient (Wildman–Crippen LogP) is 2.38. The monoisotopic (exact) mass is 230 g/mol. The molecule has 1 unspecified atom stereocenters. The molecule has 0 aromatic heterocycles. The minimum absolute atomic E-state index is 0.116. The molecule has 0 aliphatic carbocycles. The van der Waals surface area contributed by atoms with E-state index in [1.54, 1.807) is 0 Å². The maximum Gasteiger partial charge on any atom is 0.121 e. The summed E-state index contributed by atoms with van der Waals surface area (Å²) in [7, 11) is 0. The highest BCUT2D eigenvalue weighted by Gasteiger charge is 2.15. The molecule has 1 atom stereocenters. The summed E-state index contributed by atoms with van der Waals surface area (Å²) in [5.74, 6) is 0. The quantitative estimate of drug-likeness (QED) is 0.675. The van der Waals surface area contributed by atoms with E-state index in [2.05, 4.69) is 11.0 Å². The van der Waals surface area contributed by atoms with Crippen LogP contribution in [-0.2, 0) is 11.3 Å². The molecule has 0 saturated heterocycles. The Balaban J connectivity index is 2.69. The Morgan fingerprint density at radius 3 is 2.65 bits per heavy atom. The van der Waals surface area contributed by atoms with Crippen molar-refractivity contribution in [1.29, 1.82) is 5.26 Å². The lowest BCUT2D eigenvalue weighted by atomic mass is 10.1. The van der Waals surface area contributed by atoms with E-state index in [-0.39, 0.29) is 6.04 Å². The Bertz CT molecular complexity index is 370. The Morgan fingerprint density at radius 1 is 1.41 bits per heavy atom. The van der Waals surface area contributed by atoms with Crippen molar-refractivity contribution in [2.75, 3.05) is 6.54 Å². The summed E-state index contributed by atoms with van der Waals surface area (Å²) in [6, 6.07) is 12.2. The van der Waals surface area contributed by atoms with Gasteiger partial charge in [-0.2, -0.15) is 5.26 Å². The van der Waals surface area contributed by atoms with E-state index < -0.39 is 0 Å². The largest absolute Gasteiger partial charge is 0.303 e. The van der Waals surface area contributed by atoms with E-state index in [0.717, 1.165) is 19.3 Å². The van der Waals surface area contributed by atoms with Crippen LogP contribution in [-0.4, -0.2) is 23.8 Å². The van der Waals surface area contributed by atoms with E-state index in [0.29, 0.717) is 13.0 Å². The highest BCUT2D eigenvalue weighted by molar-refractivity contribution is 5.49. The third-order valence-electron chi connectivity index (χ3n) is 2.74. The molecule has 0 heterocycles. The number of benzene rings is 1. The number of hydrogen-bond acceptors (Lipinski definition) is 3. The Kier molecular flexibility index (Phi) is 5.98. The summed E-state index contributed by atoms with van der Waals surface area (Å²) in [5, 5.41) is 9.09. The molecule has 17 heavy (non-hydrogen) atoms. The molecular formula is C14H18N2O. The molecule has 0 fully saturated rings. The topological polar surface area (TPSA) is 44.1 Å². The van der Waals surface area contributed by atoms with Crippen LogP contribution >= 0.6 is 0 Å². The summed E-state index contributed by atoms with van der Waals surface area (Å²) in [6.07, 6.45) is 2.16. The molecule has 1 rings (SSSR count). The Hall–Kier alpha value is -1.66. The molecule has 0 amide bonds. The van der Waals surface area contributed by atoms with Crippen LogP contribution in [0.1, 0.15) is 25.3 Å². The van der Waals surface area contributed by atoms with Gasteiger partial charge in [0.2, 0.25) is 0 Å². The van der Waals surface area contributed by atoms with E-state index in [4.69, 9.17) is 5.26 Å². The molecule has 0 bridgehead atoms. The third-order valence-corrected chi connectivity index (χ3v) is 2.74. The second-order valence-electron chi connectivity index (χ2n) is 3.96. The van der Waals surface area contributed by atoms with Gasteiger partial charge in [-0.3, -0.25) is 4.90 Å². The van der Waals surface area contributed by atoms with Crippen LogP contribution < -0.4 is 0 Å². The molecule has 3 nitrogen and oxygen atoms in total. The van der Waals surface area contributed by atoms with Gasteiger partial charge in [-0.1, -0.05) is 37.3 Å². The highest BCUT2D eigenvalue weighted by Crippen LogP contribution is 2.10. The fourth-order valence-electron chi connectivity index (χ4n) is 1.81. The van der Waals surface area contributed by atoms with Gasteiger partial charge in [0.25, 0.3) is 0 Å². The van der Waals surface area contributed by atoms with Crippen molar-refractivity contribution in [2.45, 2.75) is 32.4 Å². The van der Waals surface area contributed by atoms with Gasteiger partial charge in [0.05, 0.1) is 12.1 Å². The van der Waals surface area contributed by atoms with Crippen molar-refractivity contribution in [2.24, 2.45) is 0 Å². The van der Waals surface area contributed by atoms with Crippen molar-refractivity contribution in [3.05, 3.63) is 35.9 Å². The average molecular weight is 230 g/mol. The van der Waals surface area contributed by atoms with Crippen molar-refractivity contribution >= 4 is 6.29 Å². The van der Waals surface area contributed by atoms with Gasteiger partial charge in [-0.05, 0) is 12.0 Å². The van der Waals surface area contributed by atoms with Crippen LogP contribution in [0.3, 0.4) is 0 Å². The first kappa shape index (κ1) is 13.4. The number of aldehydes is 1. The molecule has 0 spiro atoms. The summed E-state index contributed by atoms with van der Waals surface area (Å²) >= 11 is 0. The fraction of sp³-hybridized carbons (Fsp3) is 0.429. The lowest BCUT2D eigenvalue weighted by Gasteiger charge is -2.25. The second-order valence-corrected chi connectivity index (χ2v) is 3.96.